The van der Waals surface area contributed by atoms with Gasteiger partial charge in [0.1, 0.15) is 0 Å². The van der Waals surface area contributed by atoms with Crippen molar-refractivity contribution in [3.05, 3.63) is 64.2 Å². The number of nitrogens with zero attached hydrogens (tertiary/aromatic N) is 4. The van der Waals surface area contributed by atoms with E-state index in [2.05, 4.69) is 20.6 Å². The number of nitrogens with one attached hydrogen (secondary N) is 3. The van der Waals surface area contributed by atoms with Crippen LogP contribution in [0.4, 0.5) is 18.4 Å². The van der Waals surface area contributed by atoms with Crippen molar-refractivity contribution < 1.29 is 18.4 Å². The summed E-state index contributed by atoms with van der Waals surface area (Å²) in [6.07, 6.45) is 6.09. The van der Waals surface area contributed by atoms with Crippen molar-refractivity contribution in [2.75, 3.05) is 32.7 Å². The lowest BCUT2D eigenvalue weighted by atomic mass is 9.93. The number of amides is 4. The normalized spacial score (nSPS) is 22.0. The fourth-order valence-corrected chi connectivity index (χ4v) is 6.14. The van der Waals surface area contributed by atoms with E-state index in [1.165, 1.54) is 6.07 Å². The molecule has 1 saturated carbocycles. The van der Waals surface area contributed by atoms with Crippen molar-refractivity contribution >= 4 is 23.2 Å². The molecule has 1 aromatic carbocycles. The molecule has 2 aromatic heterocycles. The van der Waals surface area contributed by atoms with Crippen molar-refractivity contribution in [2.24, 2.45) is 5.92 Å². The highest BCUT2D eigenvalue weighted by atomic mass is 19.2. The number of carbonyl (C=O) groups excluding carboxylic acids is 2. The summed E-state index contributed by atoms with van der Waals surface area (Å²) in [5.74, 6) is -1.68. The van der Waals surface area contributed by atoms with Gasteiger partial charge in [0.05, 0.1) is 5.52 Å². The van der Waals surface area contributed by atoms with Crippen LogP contribution in [0.5, 0.6) is 0 Å². The van der Waals surface area contributed by atoms with Crippen molar-refractivity contribution in [2.45, 2.75) is 56.5 Å². The molecule has 10 nitrogen and oxygen atoms in total. The molecule has 2 aliphatic heterocycles. The Balaban J connectivity index is 1.11. The number of aromatic nitrogens is 3. The third kappa shape index (κ3) is 5.91. The Kier molecular flexibility index (Phi) is 7.63. The number of H-pyrrole nitrogens is 1. The van der Waals surface area contributed by atoms with Crippen LogP contribution in [0.15, 0.2) is 41.3 Å². The molecule has 218 valence electrons. The highest BCUT2D eigenvalue weighted by molar-refractivity contribution is 5.76. The Labute approximate surface area is 236 Å². The molecular weight excluding hydrogens is 532 g/mol. The van der Waals surface area contributed by atoms with Gasteiger partial charge >= 0.3 is 17.8 Å². The van der Waals surface area contributed by atoms with E-state index in [1.54, 1.807) is 32.7 Å². The van der Waals surface area contributed by atoms with E-state index >= 15 is 0 Å². The van der Waals surface area contributed by atoms with E-state index < -0.39 is 11.6 Å². The van der Waals surface area contributed by atoms with Gasteiger partial charge in [0.2, 0.25) is 0 Å². The largest absolute Gasteiger partial charge is 0.338 e. The Bertz CT molecular complexity index is 1480. The van der Waals surface area contributed by atoms with Crippen LogP contribution in [0.25, 0.3) is 11.2 Å². The highest BCUT2D eigenvalue weighted by Crippen LogP contribution is 2.31. The zero-order valence-electron chi connectivity index (χ0n) is 22.8. The van der Waals surface area contributed by atoms with Gasteiger partial charge in [-0.25, -0.2) is 28.1 Å². The number of halogens is 2. The monoisotopic (exact) mass is 567 g/mol. The first-order valence-corrected chi connectivity index (χ1v) is 14.4. The minimum absolute atomic E-state index is 0.0463. The van der Waals surface area contributed by atoms with Gasteiger partial charge in [-0.15, -0.1) is 0 Å². The number of rotatable bonds is 5. The van der Waals surface area contributed by atoms with Gasteiger partial charge in [0.15, 0.2) is 17.3 Å². The molecule has 2 saturated heterocycles. The van der Waals surface area contributed by atoms with Gasteiger partial charge in [-0.05, 0) is 68.2 Å². The number of urea groups is 2. The lowest BCUT2D eigenvalue weighted by Gasteiger charge is -2.34. The zero-order valence-corrected chi connectivity index (χ0v) is 22.8. The molecule has 0 unspecified atom stereocenters. The number of hydrogen-bond donors (Lipinski definition) is 3. The molecule has 4 heterocycles. The molecule has 3 fully saturated rings. The van der Waals surface area contributed by atoms with Crippen LogP contribution in [-0.4, -0.2) is 75.2 Å². The fraction of sp³-hybridized carbons (Fsp3) is 0.517. The van der Waals surface area contributed by atoms with Gasteiger partial charge in [0, 0.05) is 56.9 Å². The summed E-state index contributed by atoms with van der Waals surface area (Å²) in [6, 6.07) is 6.94. The van der Waals surface area contributed by atoms with Crippen LogP contribution in [0.1, 0.15) is 56.0 Å². The molecule has 3 aliphatic rings. The summed E-state index contributed by atoms with van der Waals surface area (Å²) in [5, 5.41) is 6.07. The van der Waals surface area contributed by atoms with Crippen molar-refractivity contribution in [3.63, 3.8) is 0 Å². The molecule has 0 radical (unpaired) electrons. The summed E-state index contributed by atoms with van der Waals surface area (Å²) < 4.78 is 30.5. The van der Waals surface area contributed by atoms with Crippen LogP contribution in [-0.2, 0) is 0 Å². The summed E-state index contributed by atoms with van der Waals surface area (Å²) in [6.45, 7) is 2.07. The highest BCUT2D eigenvalue weighted by Gasteiger charge is 2.33. The number of piperidine rings is 1. The Morgan fingerprint density at radius 2 is 1.76 bits per heavy atom. The van der Waals surface area contributed by atoms with Crippen molar-refractivity contribution in [3.8, 4) is 0 Å². The van der Waals surface area contributed by atoms with Gasteiger partial charge in [-0.2, -0.15) is 0 Å². The average molecular weight is 568 g/mol. The molecule has 3 aromatic rings. The molecule has 12 heteroatoms. The molecule has 3 N–H and O–H groups in total. The van der Waals surface area contributed by atoms with E-state index in [9.17, 15) is 23.2 Å². The van der Waals surface area contributed by atoms with E-state index in [-0.39, 0.29) is 54.4 Å². The van der Waals surface area contributed by atoms with Gasteiger partial charge in [0.25, 0.3) is 0 Å². The smallest absolute Gasteiger partial charge is 0.327 e. The zero-order chi connectivity index (χ0) is 28.5. The summed E-state index contributed by atoms with van der Waals surface area (Å²) in [5.41, 5.74) is 1.35. The number of likely N-dealkylation sites (tertiary alicyclic amines) is 2. The second kappa shape index (κ2) is 11.5. The van der Waals surface area contributed by atoms with Crippen LogP contribution >= 0.6 is 0 Å². The Morgan fingerprint density at radius 1 is 0.951 bits per heavy atom. The van der Waals surface area contributed by atoms with Crippen LogP contribution in [0, 0.1) is 17.6 Å². The quantitative estimate of drug-likeness (QED) is 0.436. The first kappa shape index (κ1) is 27.2. The predicted octanol–water partition coefficient (Wildman–Crippen LogP) is 3.72. The lowest BCUT2D eigenvalue weighted by molar-refractivity contribution is 0.163. The van der Waals surface area contributed by atoms with Crippen LogP contribution in [0.2, 0.25) is 0 Å². The van der Waals surface area contributed by atoms with E-state index in [4.69, 9.17) is 0 Å². The fourth-order valence-electron chi connectivity index (χ4n) is 6.14. The number of aromatic amines is 1. The molecule has 0 bridgehead atoms. The van der Waals surface area contributed by atoms with Crippen LogP contribution in [0.3, 0.4) is 0 Å². The van der Waals surface area contributed by atoms with Gasteiger partial charge in [-0.1, -0.05) is 12.1 Å². The first-order chi connectivity index (χ1) is 19.9. The third-order valence-electron chi connectivity index (χ3n) is 8.63. The maximum Gasteiger partial charge on any atom is 0.327 e. The summed E-state index contributed by atoms with van der Waals surface area (Å²) >= 11 is 0. The summed E-state index contributed by atoms with van der Waals surface area (Å²) in [4.78, 5) is 49.4. The SMILES string of the molecule is O=C(NCC1CC1)N1C[C@H](NC(=O)N2CCC(n3c(=O)[nH]c4ncccc43)CC2)CC[C@@H](c2cccc(F)c2F)C1. The number of imidazole rings is 1. The first-order valence-electron chi connectivity index (χ1n) is 14.4. The Morgan fingerprint density at radius 3 is 2.54 bits per heavy atom. The average Bonchev–Trinajstić information content (AvgIpc) is 3.77. The number of fused-ring (bicyclic) bond motifs is 1. The standard InChI is InChI=1S/C29H35F2N7O3/c30-23-4-1-3-22(25(23)31)19-8-9-20(17-37(16-19)27(39)33-15-18-6-7-18)34-28(40)36-13-10-21(11-14-36)38-24-5-2-12-32-26(24)35-29(38)41/h1-5,12,18-21H,6-11,13-17H2,(H,33,39)(H,34,40)(H,32,35,41)/t19-,20-/m1/s1. The van der Waals surface area contributed by atoms with E-state index in [0.717, 1.165) is 24.4 Å². The molecule has 6 rings (SSSR count). The van der Waals surface area contributed by atoms with E-state index in [0.29, 0.717) is 56.9 Å². The maximum atomic E-state index is 14.7. The Hall–Kier alpha value is -3.96. The minimum Gasteiger partial charge on any atom is -0.338 e. The molecule has 1 aliphatic carbocycles. The van der Waals surface area contributed by atoms with E-state index in [1.807, 2.05) is 6.07 Å². The predicted molar refractivity (Wildman–Crippen MR) is 149 cm³/mol. The molecule has 2 atom stereocenters. The number of carbonyl (C=O) groups is 2. The topological polar surface area (TPSA) is 115 Å². The minimum atomic E-state index is -0.907. The second-order valence-electron chi connectivity index (χ2n) is 11.5. The van der Waals surface area contributed by atoms with Crippen LogP contribution < -0.4 is 16.3 Å². The molecular formula is C29H35F2N7O3. The number of hydrogen-bond acceptors (Lipinski definition) is 4. The summed E-state index contributed by atoms with van der Waals surface area (Å²) in [7, 11) is 0. The molecule has 0 spiro atoms. The number of pyridine rings is 1. The lowest BCUT2D eigenvalue weighted by Crippen LogP contribution is -2.52. The third-order valence-corrected chi connectivity index (χ3v) is 8.63. The molecule has 41 heavy (non-hydrogen) atoms. The number of benzene rings is 1. The van der Waals surface area contributed by atoms with Crippen molar-refractivity contribution in [1.82, 2.24) is 35.0 Å². The maximum absolute atomic E-state index is 14.7. The molecule has 4 amide bonds. The van der Waals surface area contributed by atoms with Crippen molar-refractivity contribution in [1.29, 1.82) is 0 Å². The van der Waals surface area contributed by atoms with Gasteiger partial charge < -0.3 is 20.4 Å². The second-order valence-corrected chi connectivity index (χ2v) is 11.5. The van der Waals surface area contributed by atoms with Gasteiger partial charge in [-0.3, -0.25) is 9.55 Å².